The van der Waals surface area contributed by atoms with E-state index in [2.05, 4.69) is 10.6 Å². The highest BCUT2D eigenvalue weighted by atomic mass is 127. The highest BCUT2D eigenvalue weighted by Crippen LogP contribution is 2.35. The fraction of sp³-hybridized carbons (Fsp3) is 0.115. The fourth-order valence-corrected chi connectivity index (χ4v) is 3.76. The van der Waals surface area contributed by atoms with Gasteiger partial charge >= 0.3 is 0 Å². The van der Waals surface area contributed by atoms with Crippen LogP contribution in [0, 0.1) is 20.7 Å². The van der Waals surface area contributed by atoms with E-state index in [0.717, 1.165) is 0 Å². The lowest BCUT2D eigenvalue weighted by molar-refractivity contribution is -0.118. The van der Waals surface area contributed by atoms with Gasteiger partial charge in [0.1, 0.15) is 17.5 Å². The van der Waals surface area contributed by atoms with E-state index >= 15 is 0 Å². The van der Waals surface area contributed by atoms with Gasteiger partial charge < -0.3 is 20.1 Å². The number of carbonyl (C=O) groups is 2. The van der Waals surface area contributed by atoms with Gasteiger partial charge in [-0.25, -0.2) is 4.39 Å². The summed E-state index contributed by atoms with van der Waals surface area (Å²) >= 11 is 2.03. The molecule has 0 unspecified atom stereocenters. The Bertz CT molecular complexity index is 1270. The van der Waals surface area contributed by atoms with Crippen molar-refractivity contribution in [1.82, 2.24) is 0 Å². The number of anilines is 2. The van der Waals surface area contributed by atoms with E-state index < -0.39 is 17.6 Å². The van der Waals surface area contributed by atoms with Gasteiger partial charge in [-0.1, -0.05) is 18.2 Å². The lowest BCUT2D eigenvalue weighted by Gasteiger charge is -2.15. The summed E-state index contributed by atoms with van der Waals surface area (Å²) in [5, 5.41) is 14.8. The molecule has 0 bridgehead atoms. The summed E-state index contributed by atoms with van der Waals surface area (Å²) in [6, 6.07) is 19.5. The van der Waals surface area contributed by atoms with E-state index in [1.54, 1.807) is 43.3 Å². The first kappa shape index (κ1) is 25.7. The van der Waals surface area contributed by atoms with Crippen LogP contribution in [0.5, 0.6) is 11.5 Å². The van der Waals surface area contributed by atoms with E-state index in [-0.39, 0.29) is 12.2 Å². The zero-order valence-corrected chi connectivity index (χ0v) is 20.8. The van der Waals surface area contributed by atoms with Crippen molar-refractivity contribution >= 4 is 51.9 Å². The number of nitriles is 1. The minimum absolute atomic E-state index is 0.0838. The van der Waals surface area contributed by atoms with Crippen LogP contribution >= 0.6 is 22.6 Å². The Morgan fingerprint density at radius 3 is 2.37 bits per heavy atom. The minimum Gasteiger partial charge on any atom is -0.490 e. The summed E-state index contributed by atoms with van der Waals surface area (Å²) in [5.74, 6) is -0.652. The topological polar surface area (TPSA) is 100 Å². The number of carbonyl (C=O) groups excluding carboxylic acids is 2. The van der Waals surface area contributed by atoms with Crippen LogP contribution in [0.25, 0.3) is 6.08 Å². The Hall–Kier alpha value is -3.91. The normalized spacial score (nSPS) is 10.7. The van der Waals surface area contributed by atoms with Crippen LogP contribution in [-0.2, 0) is 9.59 Å². The molecule has 9 heteroatoms. The Morgan fingerprint density at radius 2 is 1.71 bits per heavy atom. The molecule has 0 aliphatic heterocycles. The van der Waals surface area contributed by atoms with Crippen molar-refractivity contribution in [2.45, 2.75) is 6.92 Å². The molecule has 2 amide bonds. The lowest BCUT2D eigenvalue weighted by atomic mass is 10.1. The summed E-state index contributed by atoms with van der Waals surface area (Å²) in [6.45, 7) is 1.83. The number of halogens is 2. The van der Waals surface area contributed by atoms with Crippen molar-refractivity contribution in [3.05, 3.63) is 87.3 Å². The molecule has 3 aromatic rings. The molecule has 0 atom stereocenters. The second-order valence-electron chi connectivity index (χ2n) is 7.10. The van der Waals surface area contributed by atoms with Crippen LogP contribution in [0.2, 0.25) is 0 Å². The first-order valence-electron chi connectivity index (χ1n) is 10.5. The van der Waals surface area contributed by atoms with Gasteiger partial charge in [-0.15, -0.1) is 0 Å². The SMILES string of the molecule is CCOc1cc(/C=C(\C#N)C(=O)Nc2ccccc2)cc(I)c1OCC(=O)Nc1ccc(F)cc1. The molecule has 3 rings (SSSR count). The van der Waals surface area contributed by atoms with Gasteiger partial charge in [0, 0.05) is 11.4 Å². The van der Waals surface area contributed by atoms with Crippen LogP contribution in [0.15, 0.2) is 72.3 Å². The molecule has 7 nitrogen and oxygen atoms in total. The molecule has 0 saturated carbocycles. The molecular formula is C26H21FIN3O4. The predicted molar refractivity (Wildman–Crippen MR) is 140 cm³/mol. The highest BCUT2D eigenvalue weighted by Gasteiger charge is 2.16. The highest BCUT2D eigenvalue weighted by molar-refractivity contribution is 14.1. The number of hydrogen-bond donors (Lipinski definition) is 2. The van der Waals surface area contributed by atoms with Gasteiger partial charge in [0.15, 0.2) is 18.1 Å². The third-order valence-electron chi connectivity index (χ3n) is 4.52. The third-order valence-corrected chi connectivity index (χ3v) is 5.32. The van der Waals surface area contributed by atoms with E-state index in [1.807, 2.05) is 34.7 Å². The van der Waals surface area contributed by atoms with Crippen LogP contribution in [0.3, 0.4) is 0 Å². The number of ether oxygens (including phenoxy) is 2. The second kappa shape index (κ2) is 12.5. The van der Waals surface area contributed by atoms with E-state index in [0.29, 0.717) is 38.6 Å². The van der Waals surface area contributed by atoms with Gasteiger partial charge in [-0.05, 0) is 89.7 Å². The summed E-state index contributed by atoms with van der Waals surface area (Å²) in [4.78, 5) is 24.8. The van der Waals surface area contributed by atoms with Crippen molar-refractivity contribution in [3.8, 4) is 17.6 Å². The van der Waals surface area contributed by atoms with Crippen LogP contribution < -0.4 is 20.1 Å². The number of hydrogen-bond acceptors (Lipinski definition) is 5. The molecule has 0 heterocycles. The molecule has 2 N–H and O–H groups in total. The number of amides is 2. The zero-order valence-electron chi connectivity index (χ0n) is 18.7. The number of para-hydroxylation sites is 1. The van der Waals surface area contributed by atoms with Crippen molar-refractivity contribution < 1.29 is 23.5 Å². The second-order valence-corrected chi connectivity index (χ2v) is 8.26. The van der Waals surface area contributed by atoms with Gasteiger partial charge in [0.25, 0.3) is 11.8 Å². The number of nitrogens with one attached hydrogen (secondary N) is 2. The summed E-state index contributed by atoms with van der Waals surface area (Å²) in [6.07, 6.45) is 1.45. The quantitative estimate of drug-likeness (QED) is 0.199. The molecule has 0 radical (unpaired) electrons. The Kier molecular flexibility index (Phi) is 9.20. The molecule has 3 aromatic carbocycles. The molecular weight excluding hydrogens is 564 g/mol. The molecule has 178 valence electrons. The first-order chi connectivity index (χ1) is 16.9. The van der Waals surface area contributed by atoms with Crippen molar-refractivity contribution in [1.29, 1.82) is 5.26 Å². The summed E-state index contributed by atoms with van der Waals surface area (Å²) < 4.78 is 25.0. The molecule has 0 fully saturated rings. The maximum Gasteiger partial charge on any atom is 0.266 e. The zero-order chi connectivity index (χ0) is 25.2. The van der Waals surface area contributed by atoms with Crippen LogP contribution in [0.4, 0.5) is 15.8 Å². The van der Waals surface area contributed by atoms with E-state index in [9.17, 15) is 19.2 Å². The maximum atomic E-state index is 13.0. The molecule has 0 aromatic heterocycles. The Morgan fingerprint density at radius 1 is 1.03 bits per heavy atom. The van der Waals surface area contributed by atoms with Crippen LogP contribution in [-0.4, -0.2) is 25.0 Å². The third kappa shape index (κ3) is 7.55. The Labute approximate surface area is 215 Å². The first-order valence-corrected chi connectivity index (χ1v) is 11.6. The number of rotatable bonds is 9. The maximum absolute atomic E-state index is 13.0. The van der Waals surface area contributed by atoms with Gasteiger partial charge in [-0.2, -0.15) is 5.26 Å². The molecule has 0 saturated heterocycles. The van der Waals surface area contributed by atoms with E-state index in [1.165, 1.54) is 30.3 Å². The lowest BCUT2D eigenvalue weighted by Crippen LogP contribution is -2.20. The average Bonchev–Trinajstić information content (AvgIpc) is 2.84. The van der Waals surface area contributed by atoms with Gasteiger partial charge in [-0.3, -0.25) is 9.59 Å². The molecule has 0 aliphatic carbocycles. The number of nitrogens with zero attached hydrogens (tertiary/aromatic N) is 1. The molecule has 35 heavy (non-hydrogen) atoms. The van der Waals surface area contributed by atoms with Crippen molar-refractivity contribution in [3.63, 3.8) is 0 Å². The monoisotopic (exact) mass is 585 g/mol. The summed E-state index contributed by atoms with van der Waals surface area (Å²) in [7, 11) is 0. The van der Waals surface area contributed by atoms with Gasteiger partial charge in [0.05, 0.1) is 10.2 Å². The van der Waals surface area contributed by atoms with Crippen molar-refractivity contribution in [2.24, 2.45) is 0 Å². The van der Waals surface area contributed by atoms with Crippen molar-refractivity contribution in [2.75, 3.05) is 23.8 Å². The molecule has 0 aliphatic rings. The Balaban J connectivity index is 1.76. The van der Waals surface area contributed by atoms with Crippen LogP contribution in [0.1, 0.15) is 12.5 Å². The minimum atomic E-state index is -0.538. The average molecular weight is 585 g/mol. The largest absolute Gasteiger partial charge is 0.490 e. The van der Waals surface area contributed by atoms with Gasteiger partial charge in [0.2, 0.25) is 0 Å². The molecule has 0 spiro atoms. The predicted octanol–water partition coefficient (Wildman–Crippen LogP) is 5.39. The fourth-order valence-electron chi connectivity index (χ4n) is 2.98. The summed E-state index contributed by atoms with van der Waals surface area (Å²) in [5.41, 5.74) is 1.49. The standard InChI is InChI=1S/C26H21FIN3O4/c1-2-34-23-14-17(12-18(15-29)26(33)31-20-6-4-3-5-7-20)13-22(28)25(23)35-16-24(32)30-21-10-8-19(27)9-11-21/h3-14H,2,16H2,1H3,(H,30,32)(H,31,33)/b18-12+. The number of benzene rings is 3. The van der Waals surface area contributed by atoms with E-state index in [4.69, 9.17) is 9.47 Å². The smallest absolute Gasteiger partial charge is 0.266 e.